The molecule has 4 amide bonds. The molecule has 1 spiro atoms. The van der Waals surface area contributed by atoms with E-state index in [1.165, 1.54) is 11.3 Å². The largest absolute Gasteiger partial charge is 0.338 e. The van der Waals surface area contributed by atoms with Gasteiger partial charge >= 0.3 is 6.03 Å². The number of thiazole rings is 1. The van der Waals surface area contributed by atoms with E-state index in [9.17, 15) is 14.4 Å². The van der Waals surface area contributed by atoms with Crippen molar-refractivity contribution in [3.05, 3.63) is 16.1 Å². The molecule has 2 saturated heterocycles. The normalized spacial score (nSPS) is 20.6. The topological polar surface area (TPSA) is 91.4 Å². The molecule has 3 heterocycles. The second kappa shape index (κ2) is 5.30. The van der Waals surface area contributed by atoms with Crippen LogP contribution in [0.1, 0.15) is 48.3 Å². The van der Waals surface area contributed by atoms with Crippen molar-refractivity contribution in [2.24, 2.45) is 0 Å². The lowest BCUT2D eigenvalue weighted by atomic mass is 9.87. The van der Waals surface area contributed by atoms with Crippen molar-refractivity contribution < 1.29 is 14.4 Å². The molecule has 2 N–H and O–H groups in total. The Kier molecular flexibility index (Phi) is 3.66. The van der Waals surface area contributed by atoms with Crippen molar-refractivity contribution in [2.75, 3.05) is 13.1 Å². The maximum atomic E-state index is 12.6. The third kappa shape index (κ3) is 2.83. The van der Waals surface area contributed by atoms with Crippen LogP contribution in [0.25, 0.3) is 0 Å². The standard InChI is InChI=1S/C15H20N4O3S/c1-14(2,3)12-16-8-9(23-12)10(20)19-6-4-15(5-7-19)11(21)17-13(22)18-15/h8H,4-7H2,1-3H3,(H2,17,18,21,22). The Labute approximate surface area is 138 Å². The zero-order valence-corrected chi connectivity index (χ0v) is 14.2. The van der Waals surface area contributed by atoms with Crippen molar-refractivity contribution in [1.82, 2.24) is 20.5 Å². The van der Waals surface area contributed by atoms with E-state index in [4.69, 9.17) is 0 Å². The number of imide groups is 1. The van der Waals surface area contributed by atoms with E-state index < -0.39 is 11.6 Å². The Balaban J connectivity index is 1.68. The Morgan fingerprint density at radius 1 is 1.30 bits per heavy atom. The SMILES string of the molecule is CC(C)(C)c1ncc(C(=O)N2CCC3(CC2)NC(=O)NC3=O)s1. The minimum Gasteiger partial charge on any atom is -0.338 e. The molecule has 0 unspecified atom stereocenters. The zero-order chi connectivity index (χ0) is 16.8. The van der Waals surface area contributed by atoms with E-state index in [2.05, 4.69) is 36.4 Å². The third-order valence-corrected chi connectivity index (χ3v) is 5.69. The molecule has 0 aromatic carbocycles. The number of hydrogen-bond acceptors (Lipinski definition) is 5. The summed E-state index contributed by atoms with van der Waals surface area (Å²) >= 11 is 1.41. The summed E-state index contributed by atoms with van der Waals surface area (Å²) in [4.78, 5) is 42.5. The van der Waals surface area contributed by atoms with Gasteiger partial charge in [-0.15, -0.1) is 11.3 Å². The second-order valence-electron chi connectivity index (χ2n) is 7.06. The summed E-state index contributed by atoms with van der Waals surface area (Å²) in [5.41, 5.74) is -0.931. The maximum absolute atomic E-state index is 12.6. The molecule has 1 aromatic heterocycles. The van der Waals surface area contributed by atoms with Crippen LogP contribution in [0.4, 0.5) is 4.79 Å². The van der Waals surface area contributed by atoms with E-state index in [1.807, 2.05) is 0 Å². The number of urea groups is 1. The molecule has 0 atom stereocenters. The molecule has 0 saturated carbocycles. The van der Waals surface area contributed by atoms with E-state index in [1.54, 1.807) is 11.1 Å². The van der Waals surface area contributed by atoms with Gasteiger partial charge in [0.05, 0.1) is 11.2 Å². The summed E-state index contributed by atoms with van der Waals surface area (Å²) in [5.74, 6) is -0.347. The lowest BCUT2D eigenvalue weighted by Gasteiger charge is -2.36. The van der Waals surface area contributed by atoms with Gasteiger partial charge in [-0.25, -0.2) is 9.78 Å². The van der Waals surface area contributed by atoms with Crippen LogP contribution in [0.2, 0.25) is 0 Å². The summed E-state index contributed by atoms with van der Waals surface area (Å²) in [5, 5.41) is 5.90. The molecule has 3 rings (SSSR count). The summed E-state index contributed by atoms with van der Waals surface area (Å²) in [7, 11) is 0. The molecule has 2 aliphatic rings. The molecule has 8 heteroatoms. The first-order chi connectivity index (χ1) is 10.7. The molecule has 23 heavy (non-hydrogen) atoms. The Morgan fingerprint density at radius 3 is 2.43 bits per heavy atom. The van der Waals surface area contributed by atoms with Gasteiger partial charge in [-0.2, -0.15) is 0 Å². The smallest absolute Gasteiger partial charge is 0.322 e. The van der Waals surface area contributed by atoms with Gasteiger partial charge in [0.15, 0.2) is 0 Å². The Hall–Kier alpha value is -1.96. The van der Waals surface area contributed by atoms with Gasteiger partial charge in [-0.05, 0) is 12.8 Å². The first-order valence-corrected chi connectivity index (χ1v) is 8.42. The fraction of sp³-hybridized carbons (Fsp3) is 0.600. The first kappa shape index (κ1) is 15.9. The van der Waals surface area contributed by atoms with Crippen LogP contribution in [-0.2, 0) is 10.2 Å². The number of piperidine rings is 1. The van der Waals surface area contributed by atoms with Crippen LogP contribution in [0, 0.1) is 0 Å². The molecular formula is C15H20N4O3S. The molecule has 0 bridgehead atoms. The Bertz CT molecular complexity index is 669. The predicted molar refractivity (Wildman–Crippen MR) is 85.4 cm³/mol. The van der Waals surface area contributed by atoms with Crippen LogP contribution in [-0.4, -0.2) is 46.4 Å². The van der Waals surface area contributed by atoms with Gasteiger partial charge in [0.1, 0.15) is 10.4 Å². The van der Waals surface area contributed by atoms with E-state index in [0.717, 1.165) is 5.01 Å². The summed E-state index contributed by atoms with van der Waals surface area (Å²) in [6.45, 7) is 7.06. The molecule has 124 valence electrons. The van der Waals surface area contributed by atoms with Crippen LogP contribution >= 0.6 is 11.3 Å². The van der Waals surface area contributed by atoms with Crippen molar-refractivity contribution in [3.8, 4) is 0 Å². The van der Waals surface area contributed by atoms with Crippen LogP contribution in [0.15, 0.2) is 6.20 Å². The molecular weight excluding hydrogens is 316 g/mol. The van der Waals surface area contributed by atoms with Gasteiger partial charge in [0.25, 0.3) is 11.8 Å². The van der Waals surface area contributed by atoms with Gasteiger partial charge < -0.3 is 10.2 Å². The maximum Gasteiger partial charge on any atom is 0.322 e. The number of carbonyl (C=O) groups is 3. The number of hydrogen-bond donors (Lipinski definition) is 2. The predicted octanol–water partition coefficient (Wildman–Crippen LogP) is 1.25. The number of rotatable bonds is 1. The van der Waals surface area contributed by atoms with Gasteiger partial charge in [-0.1, -0.05) is 20.8 Å². The van der Waals surface area contributed by atoms with Crippen LogP contribution < -0.4 is 10.6 Å². The Morgan fingerprint density at radius 2 is 1.96 bits per heavy atom. The fourth-order valence-corrected chi connectivity index (χ4v) is 3.79. The first-order valence-electron chi connectivity index (χ1n) is 7.60. The number of nitrogens with one attached hydrogen (secondary N) is 2. The molecule has 2 aliphatic heterocycles. The van der Waals surface area contributed by atoms with E-state index in [0.29, 0.717) is 30.8 Å². The van der Waals surface area contributed by atoms with Crippen molar-refractivity contribution in [3.63, 3.8) is 0 Å². The van der Waals surface area contributed by atoms with Crippen LogP contribution in [0.3, 0.4) is 0 Å². The highest BCUT2D eigenvalue weighted by Crippen LogP contribution is 2.30. The summed E-state index contributed by atoms with van der Waals surface area (Å²) in [6, 6.07) is -0.452. The number of aromatic nitrogens is 1. The number of nitrogens with zero attached hydrogens (tertiary/aromatic N) is 2. The van der Waals surface area contributed by atoms with E-state index in [-0.39, 0.29) is 17.2 Å². The van der Waals surface area contributed by atoms with Crippen molar-refractivity contribution in [2.45, 2.75) is 44.6 Å². The monoisotopic (exact) mass is 336 g/mol. The second-order valence-corrected chi connectivity index (χ2v) is 8.09. The van der Waals surface area contributed by atoms with Crippen molar-refractivity contribution >= 4 is 29.2 Å². The minimum absolute atomic E-state index is 0.0578. The highest BCUT2D eigenvalue weighted by atomic mass is 32.1. The van der Waals surface area contributed by atoms with Crippen molar-refractivity contribution in [1.29, 1.82) is 0 Å². The number of amides is 4. The molecule has 0 radical (unpaired) electrons. The average Bonchev–Trinajstić information content (AvgIpc) is 3.05. The number of carbonyl (C=O) groups excluding carboxylic acids is 3. The zero-order valence-electron chi connectivity index (χ0n) is 13.4. The van der Waals surface area contributed by atoms with Gasteiger partial charge in [-0.3, -0.25) is 14.9 Å². The highest BCUT2D eigenvalue weighted by Gasteiger charge is 2.48. The molecule has 1 aromatic rings. The van der Waals surface area contributed by atoms with E-state index >= 15 is 0 Å². The third-order valence-electron chi connectivity index (χ3n) is 4.28. The lowest BCUT2D eigenvalue weighted by molar-refractivity contribution is -0.125. The number of likely N-dealkylation sites (tertiary alicyclic amines) is 1. The summed E-state index contributed by atoms with van der Waals surface area (Å²) < 4.78 is 0. The highest BCUT2D eigenvalue weighted by molar-refractivity contribution is 7.13. The van der Waals surface area contributed by atoms with Crippen LogP contribution in [0.5, 0.6) is 0 Å². The molecule has 2 fully saturated rings. The quantitative estimate of drug-likeness (QED) is 0.755. The minimum atomic E-state index is -0.849. The van der Waals surface area contributed by atoms with Gasteiger partial charge in [0, 0.05) is 18.5 Å². The molecule has 0 aliphatic carbocycles. The summed E-state index contributed by atoms with van der Waals surface area (Å²) in [6.07, 6.45) is 2.49. The molecule has 7 nitrogen and oxygen atoms in total. The fourth-order valence-electron chi connectivity index (χ4n) is 2.85. The average molecular weight is 336 g/mol. The lowest BCUT2D eigenvalue weighted by Crippen LogP contribution is -2.55. The van der Waals surface area contributed by atoms with Gasteiger partial charge in [0.2, 0.25) is 0 Å².